The van der Waals surface area contributed by atoms with Gasteiger partial charge in [-0.25, -0.2) is 0 Å². The smallest absolute Gasteiger partial charge is 0.231 e. The maximum absolute atomic E-state index is 12.2. The average Bonchev–Trinajstić information content (AvgIpc) is 2.95. The Bertz CT molecular complexity index is 640. The molecule has 108 valence electrons. The summed E-state index contributed by atoms with van der Waals surface area (Å²) in [5.74, 6) is 1.60. The van der Waals surface area contributed by atoms with Gasteiger partial charge < -0.3 is 14.4 Å². The minimum atomic E-state index is 0.0962. The Hall–Kier alpha value is -2.49. The highest BCUT2D eigenvalue weighted by Gasteiger charge is 2.15. The SMILES string of the molecule is CN(Cc1ccc2c(c1)OCO2)C(=O)Cc1ccccc1. The molecule has 2 aromatic carbocycles. The van der Waals surface area contributed by atoms with Crippen molar-refractivity contribution in [3.8, 4) is 11.5 Å². The van der Waals surface area contributed by atoms with Gasteiger partial charge in [0, 0.05) is 13.6 Å². The minimum absolute atomic E-state index is 0.0962. The molecular weight excluding hydrogens is 266 g/mol. The van der Waals surface area contributed by atoms with Crippen LogP contribution >= 0.6 is 0 Å². The molecule has 0 N–H and O–H groups in total. The second kappa shape index (κ2) is 5.87. The molecular formula is C17H17NO3. The number of benzene rings is 2. The molecule has 3 rings (SSSR count). The molecule has 1 aliphatic heterocycles. The number of fused-ring (bicyclic) bond motifs is 1. The third-order valence-corrected chi connectivity index (χ3v) is 3.48. The first-order valence-corrected chi connectivity index (χ1v) is 6.89. The van der Waals surface area contributed by atoms with Crippen LogP contribution in [0.4, 0.5) is 0 Å². The van der Waals surface area contributed by atoms with Gasteiger partial charge in [0.1, 0.15) is 0 Å². The van der Waals surface area contributed by atoms with Crippen LogP contribution < -0.4 is 9.47 Å². The number of nitrogens with zero attached hydrogens (tertiary/aromatic N) is 1. The van der Waals surface area contributed by atoms with Gasteiger partial charge in [-0.1, -0.05) is 36.4 Å². The second-order valence-electron chi connectivity index (χ2n) is 5.10. The summed E-state index contributed by atoms with van der Waals surface area (Å²) < 4.78 is 10.6. The lowest BCUT2D eigenvalue weighted by Gasteiger charge is -2.17. The van der Waals surface area contributed by atoms with E-state index >= 15 is 0 Å². The lowest BCUT2D eigenvalue weighted by Crippen LogP contribution is -2.27. The molecule has 0 saturated carbocycles. The standard InChI is InChI=1S/C17H17NO3/c1-18(17(19)10-13-5-3-2-4-6-13)11-14-7-8-15-16(9-14)21-12-20-15/h2-9H,10-12H2,1H3. The molecule has 1 amide bonds. The molecule has 21 heavy (non-hydrogen) atoms. The zero-order valence-electron chi connectivity index (χ0n) is 11.9. The highest BCUT2D eigenvalue weighted by molar-refractivity contribution is 5.78. The summed E-state index contributed by atoms with van der Waals surface area (Å²) in [6.45, 7) is 0.823. The lowest BCUT2D eigenvalue weighted by atomic mass is 10.1. The number of hydrogen-bond donors (Lipinski definition) is 0. The van der Waals surface area contributed by atoms with Crippen LogP contribution in [0, 0.1) is 0 Å². The Balaban J connectivity index is 1.63. The van der Waals surface area contributed by atoms with Gasteiger partial charge >= 0.3 is 0 Å². The van der Waals surface area contributed by atoms with Gasteiger partial charge in [0.15, 0.2) is 11.5 Å². The van der Waals surface area contributed by atoms with Crippen LogP contribution in [0.2, 0.25) is 0 Å². The Morgan fingerprint density at radius 3 is 2.62 bits per heavy atom. The fraction of sp³-hybridized carbons (Fsp3) is 0.235. The van der Waals surface area contributed by atoms with Gasteiger partial charge in [0.25, 0.3) is 0 Å². The topological polar surface area (TPSA) is 38.8 Å². The number of likely N-dealkylation sites (N-methyl/N-ethyl adjacent to an activating group) is 1. The second-order valence-corrected chi connectivity index (χ2v) is 5.10. The van der Waals surface area contributed by atoms with Crippen LogP contribution in [0.5, 0.6) is 11.5 Å². The van der Waals surface area contributed by atoms with Crippen molar-refractivity contribution in [3.63, 3.8) is 0 Å². The van der Waals surface area contributed by atoms with Crippen LogP contribution in [0.25, 0.3) is 0 Å². The summed E-state index contributed by atoms with van der Waals surface area (Å²) in [6, 6.07) is 15.5. The first-order valence-electron chi connectivity index (χ1n) is 6.89. The number of hydrogen-bond acceptors (Lipinski definition) is 3. The molecule has 0 aromatic heterocycles. The van der Waals surface area contributed by atoms with E-state index in [-0.39, 0.29) is 12.7 Å². The van der Waals surface area contributed by atoms with E-state index in [1.54, 1.807) is 4.90 Å². The Labute approximate surface area is 123 Å². The maximum Gasteiger partial charge on any atom is 0.231 e. The number of carbonyl (C=O) groups excluding carboxylic acids is 1. The van der Waals surface area contributed by atoms with Crippen LogP contribution in [-0.4, -0.2) is 24.6 Å². The molecule has 0 unspecified atom stereocenters. The third kappa shape index (κ3) is 3.16. The van der Waals surface area contributed by atoms with Crippen molar-refractivity contribution in [2.75, 3.05) is 13.8 Å². The summed E-state index contributed by atoms with van der Waals surface area (Å²) in [5, 5.41) is 0. The fourth-order valence-electron chi connectivity index (χ4n) is 2.31. The number of carbonyl (C=O) groups is 1. The van der Waals surface area contributed by atoms with Crippen LogP contribution in [0.3, 0.4) is 0 Å². The van der Waals surface area contributed by atoms with Crippen molar-refractivity contribution in [2.24, 2.45) is 0 Å². The van der Waals surface area contributed by atoms with E-state index in [0.717, 1.165) is 22.6 Å². The molecule has 2 aromatic rings. The van der Waals surface area contributed by atoms with Crippen molar-refractivity contribution in [2.45, 2.75) is 13.0 Å². The number of amides is 1. The lowest BCUT2D eigenvalue weighted by molar-refractivity contribution is -0.129. The van der Waals surface area contributed by atoms with Crippen LogP contribution in [-0.2, 0) is 17.8 Å². The van der Waals surface area contributed by atoms with E-state index in [0.29, 0.717) is 13.0 Å². The molecule has 1 aliphatic rings. The summed E-state index contributed by atoms with van der Waals surface area (Å²) >= 11 is 0. The van der Waals surface area contributed by atoms with Gasteiger partial charge in [-0.05, 0) is 23.3 Å². The first-order chi connectivity index (χ1) is 10.2. The van der Waals surface area contributed by atoms with E-state index in [9.17, 15) is 4.79 Å². The van der Waals surface area contributed by atoms with Crippen molar-refractivity contribution in [1.29, 1.82) is 0 Å². The minimum Gasteiger partial charge on any atom is -0.454 e. The molecule has 1 heterocycles. The monoisotopic (exact) mass is 283 g/mol. The Morgan fingerprint density at radius 1 is 1.05 bits per heavy atom. The predicted molar refractivity (Wildman–Crippen MR) is 79.2 cm³/mol. The number of ether oxygens (including phenoxy) is 2. The van der Waals surface area contributed by atoms with Gasteiger partial charge in [-0.15, -0.1) is 0 Å². The highest BCUT2D eigenvalue weighted by Crippen LogP contribution is 2.32. The van der Waals surface area contributed by atoms with E-state index < -0.39 is 0 Å². The molecule has 0 spiro atoms. The summed E-state index contributed by atoms with van der Waals surface area (Å²) in [4.78, 5) is 13.9. The van der Waals surface area contributed by atoms with E-state index in [2.05, 4.69) is 0 Å². The highest BCUT2D eigenvalue weighted by atomic mass is 16.7. The first kappa shape index (κ1) is 13.5. The Morgan fingerprint density at radius 2 is 1.81 bits per heavy atom. The molecule has 0 saturated heterocycles. The van der Waals surface area contributed by atoms with Crippen LogP contribution in [0.15, 0.2) is 48.5 Å². The molecule has 0 atom stereocenters. The summed E-state index contributed by atoms with van der Waals surface area (Å²) in [6.07, 6.45) is 0.419. The summed E-state index contributed by atoms with van der Waals surface area (Å²) in [7, 11) is 1.82. The van der Waals surface area contributed by atoms with E-state index in [4.69, 9.17) is 9.47 Å². The predicted octanol–water partition coefficient (Wildman–Crippen LogP) is 2.62. The molecule has 0 bridgehead atoms. The number of rotatable bonds is 4. The molecule has 0 fully saturated rings. The molecule has 0 aliphatic carbocycles. The fourth-order valence-corrected chi connectivity index (χ4v) is 2.31. The Kier molecular flexibility index (Phi) is 3.77. The van der Waals surface area contributed by atoms with Gasteiger partial charge in [-0.3, -0.25) is 4.79 Å². The van der Waals surface area contributed by atoms with Crippen LogP contribution in [0.1, 0.15) is 11.1 Å². The quantitative estimate of drug-likeness (QED) is 0.866. The maximum atomic E-state index is 12.2. The molecule has 4 heteroatoms. The van der Waals surface area contributed by atoms with Crippen molar-refractivity contribution < 1.29 is 14.3 Å². The van der Waals surface area contributed by atoms with Gasteiger partial charge in [-0.2, -0.15) is 0 Å². The van der Waals surface area contributed by atoms with E-state index in [1.807, 2.05) is 55.6 Å². The largest absolute Gasteiger partial charge is 0.454 e. The van der Waals surface area contributed by atoms with Crippen molar-refractivity contribution >= 4 is 5.91 Å². The van der Waals surface area contributed by atoms with Crippen molar-refractivity contribution in [1.82, 2.24) is 4.90 Å². The van der Waals surface area contributed by atoms with E-state index in [1.165, 1.54) is 0 Å². The van der Waals surface area contributed by atoms with Gasteiger partial charge in [0.05, 0.1) is 6.42 Å². The zero-order valence-corrected chi connectivity index (χ0v) is 11.9. The average molecular weight is 283 g/mol. The van der Waals surface area contributed by atoms with Gasteiger partial charge in [0.2, 0.25) is 12.7 Å². The molecule has 0 radical (unpaired) electrons. The van der Waals surface area contributed by atoms with Crippen molar-refractivity contribution in [3.05, 3.63) is 59.7 Å². The summed E-state index contributed by atoms with van der Waals surface area (Å²) in [5.41, 5.74) is 2.06. The zero-order chi connectivity index (χ0) is 14.7. The third-order valence-electron chi connectivity index (χ3n) is 3.48. The molecule has 4 nitrogen and oxygen atoms in total. The normalized spacial score (nSPS) is 12.2.